The number of aromatic nitrogens is 2. The molecule has 0 aromatic carbocycles. The zero-order valence-electron chi connectivity index (χ0n) is 6.55. The summed E-state index contributed by atoms with van der Waals surface area (Å²) >= 11 is 0. The maximum Gasteiger partial charge on any atom is 0.269 e. The molecule has 62 valence electrons. The number of nitrogens with zero attached hydrogens (tertiary/aromatic N) is 1. The fourth-order valence-electron chi connectivity index (χ4n) is 1.89. The molecule has 0 saturated heterocycles. The van der Waals surface area contributed by atoms with E-state index >= 15 is 0 Å². The molecule has 1 aromatic rings. The van der Waals surface area contributed by atoms with Gasteiger partial charge in [0.2, 0.25) is 0 Å². The second-order valence-corrected chi connectivity index (χ2v) is 3.62. The molecule has 1 spiro atoms. The second-order valence-electron chi connectivity index (χ2n) is 3.62. The lowest BCUT2D eigenvalue weighted by atomic mass is 9.93. The van der Waals surface area contributed by atoms with Crippen molar-refractivity contribution in [1.82, 2.24) is 15.5 Å². The molecule has 2 aliphatic rings. The second kappa shape index (κ2) is 1.71. The molecule has 2 N–H and O–H groups in total. The van der Waals surface area contributed by atoms with Crippen LogP contribution in [-0.2, 0) is 5.41 Å². The predicted octanol–water partition coefficient (Wildman–Crippen LogP) is 0.185. The van der Waals surface area contributed by atoms with Crippen LogP contribution in [0, 0.1) is 0 Å². The topological polar surface area (TPSA) is 57.8 Å². The fraction of sp³-hybridized carbons (Fsp3) is 0.500. The summed E-state index contributed by atoms with van der Waals surface area (Å²) in [6.45, 7) is 0.790. The average Bonchev–Trinajstić information content (AvgIpc) is 2.64. The standard InChI is InChI=1S/C8H9N3O/c12-7-6-5(3-10-11-6)8(1-2-8)4-9-7/h3H,1-2,4H2,(H,9,12)(H,10,11). The Morgan fingerprint density at radius 2 is 2.33 bits per heavy atom. The summed E-state index contributed by atoms with van der Waals surface area (Å²) in [7, 11) is 0. The summed E-state index contributed by atoms with van der Waals surface area (Å²) in [6.07, 6.45) is 4.15. The van der Waals surface area contributed by atoms with Crippen LogP contribution < -0.4 is 5.32 Å². The summed E-state index contributed by atoms with van der Waals surface area (Å²) in [4.78, 5) is 11.3. The van der Waals surface area contributed by atoms with E-state index in [0.29, 0.717) is 5.69 Å². The molecular formula is C8H9N3O. The highest BCUT2D eigenvalue weighted by Crippen LogP contribution is 2.49. The Bertz CT molecular complexity index is 351. The minimum atomic E-state index is -0.0139. The highest BCUT2D eigenvalue weighted by molar-refractivity contribution is 5.95. The van der Waals surface area contributed by atoms with Gasteiger partial charge in [-0.3, -0.25) is 9.89 Å². The van der Waals surface area contributed by atoms with Gasteiger partial charge >= 0.3 is 0 Å². The number of rotatable bonds is 0. The zero-order chi connectivity index (χ0) is 8.18. The van der Waals surface area contributed by atoms with Crippen LogP contribution in [-0.4, -0.2) is 22.6 Å². The van der Waals surface area contributed by atoms with E-state index in [4.69, 9.17) is 0 Å². The monoisotopic (exact) mass is 163 g/mol. The van der Waals surface area contributed by atoms with Crippen molar-refractivity contribution >= 4 is 5.91 Å². The summed E-state index contributed by atoms with van der Waals surface area (Å²) in [6, 6.07) is 0. The van der Waals surface area contributed by atoms with Crippen molar-refractivity contribution in [3.05, 3.63) is 17.5 Å². The SMILES string of the molecule is O=C1NCC2(CC2)c2cn[nH]c21. The van der Waals surface area contributed by atoms with Crippen molar-refractivity contribution in [2.45, 2.75) is 18.3 Å². The third kappa shape index (κ3) is 0.581. The van der Waals surface area contributed by atoms with E-state index in [0.717, 1.165) is 12.1 Å². The summed E-state index contributed by atoms with van der Waals surface area (Å²) in [5.74, 6) is -0.0139. The van der Waals surface area contributed by atoms with Gasteiger partial charge in [-0.2, -0.15) is 5.10 Å². The first-order valence-electron chi connectivity index (χ1n) is 4.14. The van der Waals surface area contributed by atoms with Crippen LogP contribution in [0.1, 0.15) is 28.9 Å². The van der Waals surface area contributed by atoms with Gasteiger partial charge in [0.1, 0.15) is 5.69 Å². The van der Waals surface area contributed by atoms with E-state index in [1.54, 1.807) is 6.20 Å². The Morgan fingerprint density at radius 3 is 3.08 bits per heavy atom. The number of carbonyl (C=O) groups is 1. The van der Waals surface area contributed by atoms with Crippen molar-refractivity contribution < 1.29 is 4.79 Å². The fourth-order valence-corrected chi connectivity index (χ4v) is 1.89. The molecule has 2 heterocycles. The van der Waals surface area contributed by atoms with Crippen molar-refractivity contribution in [3.8, 4) is 0 Å². The van der Waals surface area contributed by atoms with Gasteiger partial charge in [0.15, 0.2) is 0 Å². The van der Waals surface area contributed by atoms with E-state index < -0.39 is 0 Å². The third-order valence-electron chi connectivity index (χ3n) is 2.88. The molecule has 1 aliphatic carbocycles. The number of hydrogen-bond donors (Lipinski definition) is 2. The minimum Gasteiger partial charge on any atom is -0.350 e. The predicted molar refractivity (Wildman–Crippen MR) is 41.8 cm³/mol. The Kier molecular flexibility index (Phi) is 0.885. The number of nitrogens with one attached hydrogen (secondary N) is 2. The molecule has 4 heteroatoms. The van der Waals surface area contributed by atoms with E-state index in [9.17, 15) is 4.79 Å². The van der Waals surface area contributed by atoms with E-state index in [-0.39, 0.29) is 11.3 Å². The van der Waals surface area contributed by atoms with E-state index in [1.807, 2.05) is 0 Å². The summed E-state index contributed by atoms with van der Waals surface area (Å²) in [5, 5.41) is 9.51. The van der Waals surface area contributed by atoms with Gasteiger partial charge in [0, 0.05) is 17.5 Å². The largest absolute Gasteiger partial charge is 0.350 e. The van der Waals surface area contributed by atoms with Crippen LogP contribution in [0.4, 0.5) is 0 Å². The molecule has 0 unspecified atom stereocenters. The van der Waals surface area contributed by atoms with Crippen LogP contribution in [0.15, 0.2) is 6.20 Å². The van der Waals surface area contributed by atoms with Crippen molar-refractivity contribution in [2.75, 3.05) is 6.54 Å². The van der Waals surface area contributed by atoms with Crippen molar-refractivity contribution in [1.29, 1.82) is 0 Å². The van der Waals surface area contributed by atoms with Gasteiger partial charge in [0.05, 0.1) is 6.20 Å². The minimum absolute atomic E-state index is 0.0139. The molecule has 0 radical (unpaired) electrons. The van der Waals surface area contributed by atoms with Crippen LogP contribution in [0.2, 0.25) is 0 Å². The summed E-state index contributed by atoms with van der Waals surface area (Å²) in [5.41, 5.74) is 2.03. The average molecular weight is 163 g/mol. The number of fused-ring (bicyclic) bond motifs is 2. The number of amides is 1. The van der Waals surface area contributed by atoms with Gasteiger partial charge in [-0.15, -0.1) is 0 Å². The molecule has 4 nitrogen and oxygen atoms in total. The first kappa shape index (κ1) is 6.22. The van der Waals surface area contributed by atoms with Crippen molar-refractivity contribution in [2.24, 2.45) is 0 Å². The zero-order valence-corrected chi connectivity index (χ0v) is 6.55. The molecule has 1 aromatic heterocycles. The number of aromatic amines is 1. The lowest BCUT2D eigenvalue weighted by Gasteiger charge is -2.20. The molecule has 12 heavy (non-hydrogen) atoms. The van der Waals surface area contributed by atoms with Gasteiger partial charge in [-0.25, -0.2) is 0 Å². The lowest BCUT2D eigenvalue weighted by Crippen LogP contribution is -2.38. The van der Waals surface area contributed by atoms with Crippen LogP contribution in [0.25, 0.3) is 0 Å². The first-order valence-corrected chi connectivity index (χ1v) is 4.14. The maximum atomic E-state index is 11.3. The van der Waals surface area contributed by atoms with Gasteiger partial charge in [-0.1, -0.05) is 0 Å². The third-order valence-corrected chi connectivity index (χ3v) is 2.88. The Hall–Kier alpha value is -1.32. The molecular weight excluding hydrogens is 154 g/mol. The molecule has 1 saturated carbocycles. The molecule has 1 amide bonds. The maximum absolute atomic E-state index is 11.3. The van der Waals surface area contributed by atoms with Gasteiger partial charge < -0.3 is 5.32 Å². The first-order chi connectivity index (χ1) is 5.82. The highest BCUT2D eigenvalue weighted by Gasteiger charge is 2.49. The molecule has 1 aliphatic heterocycles. The van der Waals surface area contributed by atoms with Gasteiger partial charge in [0.25, 0.3) is 5.91 Å². The van der Waals surface area contributed by atoms with Crippen molar-refractivity contribution in [3.63, 3.8) is 0 Å². The lowest BCUT2D eigenvalue weighted by molar-refractivity contribution is 0.0932. The quantitative estimate of drug-likeness (QED) is 0.573. The van der Waals surface area contributed by atoms with Crippen LogP contribution in [0.3, 0.4) is 0 Å². The number of hydrogen-bond acceptors (Lipinski definition) is 2. The van der Waals surface area contributed by atoms with Crippen LogP contribution in [0.5, 0.6) is 0 Å². The smallest absolute Gasteiger partial charge is 0.269 e. The summed E-state index contributed by atoms with van der Waals surface area (Å²) < 4.78 is 0. The Balaban J connectivity index is 2.20. The van der Waals surface area contributed by atoms with E-state index in [2.05, 4.69) is 15.5 Å². The Morgan fingerprint density at radius 1 is 1.50 bits per heavy atom. The van der Waals surface area contributed by atoms with Crippen LogP contribution >= 0.6 is 0 Å². The Labute approximate surface area is 69.4 Å². The highest BCUT2D eigenvalue weighted by atomic mass is 16.2. The number of H-pyrrole nitrogens is 1. The molecule has 0 atom stereocenters. The van der Waals surface area contributed by atoms with Gasteiger partial charge in [-0.05, 0) is 12.8 Å². The number of carbonyl (C=O) groups excluding carboxylic acids is 1. The normalized spacial score (nSPS) is 23.5. The molecule has 1 fully saturated rings. The van der Waals surface area contributed by atoms with E-state index in [1.165, 1.54) is 12.8 Å². The molecule has 0 bridgehead atoms. The molecule has 3 rings (SSSR count).